The van der Waals surface area contributed by atoms with Crippen LogP contribution < -0.4 is 4.90 Å². The number of para-hydroxylation sites is 1. The zero-order valence-corrected chi connectivity index (χ0v) is 11.9. The van der Waals surface area contributed by atoms with Crippen LogP contribution in [0, 0.1) is 0 Å². The van der Waals surface area contributed by atoms with Crippen LogP contribution in [0.25, 0.3) is 0 Å². The Hall–Kier alpha value is -2.89. The summed E-state index contributed by atoms with van der Waals surface area (Å²) >= 11 is 0. The van der Waals surface area contributed by atoms with E-state index in [4.69, 9.17) is 4.74 Å². The molecule has 2 heterocycles. The maximum atomic E-state index is 12.7. The smallest absolute Gasteiger partial charge is 0.339 e. The van der Waals surface area contributed by atoms with Crippen molar-refractivity contribution in [1.82, 2.24) is 4.57 Å². The van der Waals surface area contributed by atoms with E-state index in [9.17, 15) is 14.4 Å². The number of carbonyl (C=O) groups is 3. The van der Waals surface area contributed by atoms with Crippen LogP contribution in [-0.2, 0) is 14.3 Å². The number of rotatable bonds is 3. The van der Waals surface area contributed by atoms with E-state index in [0.29, 0.717) is 5.69 Å². The molecule has 0 radical (unpaired) electrons. The molecule has 1 atom stereocenters. The molecule has 0 saturated heterocycles. The van der Waals surface area contributed by atoms with Gasteiger partial charge in [-0.05, 0) is 31.2 Å². The minimum absolute atomic E-state index is 0.165. The van der Waals surface area contributed by atoms with Gasteiger partial charge in [0.25, 0.3) is 11.8 Å². The Morgan fingerprint density at radius 1 is 1.14 bits per heavy atom. The van der Waals surface area contributed by atoms with Gasteiger partial charge in [-0.25, -0.2) is 9.69 Å². The Morgan fingerprint density at radius 3 is 2.55 bits per heavy atom. The average molecular weight is 298 g/mol. The Labute approximate surface area is 126 Å². The Kier molecular flexibility index (Phi) is 3.50. The Bertz CT molecular complexity index is 736. The molecule has 2 amide bonds. The fourth-order valence-electron chi connectivity index (χ4n) is 2.51. The van der Waals surface area contributed by atoms with E-state index < -0.39 is 23.8 Å². The molecule has 0 bridgehead atoms. The van der Waals surface area contributed by atoms with E-state index in [1.165, 1.54) is 10.8 Å². The van der Waals surface area contributed by atoms with Gasteiger partial charge in [-0.1, -0.05) is 18.2 Å². The van der Waals surface area contributed by atoms with E-state index in [-0.39, 0.29) is 12.3 Å². The number of benzene rings is 1. The Morgan fingerprint density at radius 2 is 1.86 bits per heavy atom. The molecule has 6 heteroatoms. The third-order valence-electron chi connectivity index (χ3n) is 3.46. The van der Waals surface area contributed by atoms with Crippen molar-refractivity contribution in [2.75, 3.05) is 11.5 Å². The molecular formula is C16H14N2O4. The second-order valence-electron chi connectivity index (χ2n) is 4.77. The van der Waals surface area contributed by atoms with Crippen molar-refractivity contribution < 1.29 is 19.1 Å². The number of fused-ring (bicyclic) bond motifs is 1. The molecule has 3 rings (SSSR count). The van der Waals surface area contributed by atoms with E-state index in [1.807, 2.05) is 0 Å². The highest BCUT2D eigenvalue weighted by molar-refractivity contribution is 6.27. The molecule has 22 heavy (non-hydrogen) atoms. The lowest BCUT2D eigenvalue weighted by Gasteiger charge is -2.31. The molecule has 112 valence electrons. The molecule has 1 aromatic carbocycles. The zero-order valence-electron chi connectivity index (χ0n) is 11.9. The maximum Gasteiger partial charge on any atom is 0.339 e. The summed E-state index contributed by atoms with van der Waals surface area (Å²) in [6.07, 6.45) is 1.54. The van der Waals surface area contributed by atoms with Gasteiger partial charge in [0.05, 0.1) is 12.3 Å². The molecular weight excluding hydrogens is 284 g/mol. The second kappa shape index (κ2) is 5.48. The molecule has 0 spiro atoms. The van der Waals surface area contributed by atoms with Crippen LogP contribution in [0.5, 0.6) is 0 Å². The standard InChI is InChI=1S/C16H14N2O4/c1-2-22-16(21)13-15(20)18(11-7-4-3-5-8-11)14(19)12-9-6-10-17(12)13/h3-10,13H,2H2,1H3. The number of aromatic nitrogens is 1. The minimum Gasteiger partial charge on any atom is -0.464 e. The SMILES string of the molecule is CCOC(=O)C1C(=O)N(c2ccccc2)C(=O)c2cccn21. The van der Waals surface area contributed by atoms with Crippen molar-refractivity contribution in [1.29, 1.82) is 0 Å². The van der Waals surface area contributed by atoms with Crippen molar-refractivity contribution in [3.63, 3.8) is 0 Å². The van der Waals surface area contributed by atoms with Gasteiger partial charge in [0.2, 0.25) is 6.04 Å². The fourth-order valence-corrected chi connectivity index (χ4v) is 2.51. The number of anilines is 1. The first-order chi connectivity index (χ1) is 10.6. The number of nitrogens with zero attached hydrogens (tertiary/aromatic N) is 2. The molecule has 1 aromatic heterocycles. The predicted molar refractivity (Wildman–Crippen MR) is 78.4 cm³/mol. The van der Waals surface area contributed by atoms with Gasteiger partial charge in [0.1, 0.15) is 5.69 Å². The van der Waals surface area contributed by atoms with Crippen molar-refractivity contribution >= 4 is 23.5 Å². The lowest BCUT2D eigenvalue weighted by Crippen LogP contribution is -2.50. The maximum absolute atomic E-state index is 12.7. The second-order valence-corrected chi connectivity index (χ2v) is 4.77. The normalized spacial score (nSPS) is 17.3. The number of esters is 1. The van der Waals surface area contributed by atoms with Crippen molar-refractivity contribution in [3.05, 3.63) is 54.4 Å². The molecule has 1 aliphatic heterocycles. The number of amides is 2. The van der Waals surface area contributed by atoms with Crippen LogP contribution in [0.2, 0.25) is 0 Å². The highest BCUT2D eigenvalue weighted by atomic mass is 16.5. The largest absolute Gasteiger partial charge is 0.464 e. The van der Waals surface area contributed by atoms with Gasteiger partial charge in [0.15, 0.2) is 0 Å². The van der Waals surface area contributed by atoms with Gasteiger partial charge in [-0.15, -0.1) is 0 Å². The van der Waals surface area contributed by atoms with E-state index in [1.54, 1.807) is 49.4 Å². The highest BCUT2D eigenvalue weighted by Gasteiger charge is 2.43. The van der Waals surface area contributed by atoms with Crippen LogP contribution >= 0.6 is 0 Å². The molecule has 6 nitrogen and oxygen atoms in total. The summed E-state index contributed by atoms with van der Waals surface area (Å²) in [5, 5.41) is 0. The molecule has 0 aliphatic carbocycles. The highest BCUT2D eigenvalue weighted by Crippen LogP contribution is 2.28. The first-order valence-corrected chi connectivity index (χ1v) is 6.92. The van der Waals surface area contributed by atoms with Crippen molar-refractivity contribution in [2.24, 2.45) is 0 Å². The van der Waals surface area contributed by atoms with Gasteiger partial charge >= 0.3 is 5.97 Å². The Balaban J connectivity index is 2.10. The lowest BCUT2D eigenvalue weighted by atomic mass is 10.1. The number of hydrogen-bond acceptors (Lipinski definition) is 4. The summed E-state index contributed by atoms with van der Waals surface area (Å²) in [6, 6.07) is 10.6. The summed E-state index contributed by atoms with van der Waals surface area (Å²) in [4.78, 5) is 38.4. The van der Waals surface area contributed by atoms with Crippen molar-refractivity contribution in [3.8, 4) is 0 Å². The average Bonchev–Trinajstić information content (AvgIpc) is 2.98. The molecule has 1 aliphatic rings. The third-order valence-corrected chi connectivity index (χ3v) is 3.46. The predicted octanol–water partition coefficient (Wildman–Crippen LogP) is 1.78. The number of ether oxygens (including phenoxy) is 1. The monoisotopic (exact) mass is 298 g/mol. The molecule has 1 unspecified atom stereocenters. The summed E-state index contributed by atoms with van der Waals surface area (Å²) < 4.78 is 6.34. The fraction of sp³-hybridized carbons (Fsp3) is 0.188. The number of imide groups is 1. The van der Waals surface area contributed by atoms with Gasteiger partial charge in [-0.2, -0.15) is 0 Å². The van der Waals surface area contributed by atoms with Gasteiger partial charge < -0.3 is 9.30 Å². The van der Waals surface area contributed by atoms with Crippen LogP contribution in [0.15, 0.2) is 48.7 Å². The first kappa shape index (κ1) is 14.1. The summed E-state index contributed by atoms with van der Waals surface area (Å²) in [6.45, 7) is 1.83. The number of carbonyl (C=O) groups excluding carboxylic acids is 3. The van der Waals surface area contributed by atoms with Crippen LogP contribution in [0.1, 0.15) is 23.5 Å². The summed E-state index contributed by atoms with van der Waals surface area (Å²) in [7, 11) is 0. The van der Waals surface area contributed by atoms with Crippen molar-refractivity contribution in [2.45, 2.75) is 13.0 Å². The quantitative estimate of drug-likeness (QED) is 0.492. The molecule has 0 N–H and O–H groups in total. The van der Waals surface area contributed by atoms with E-state index in [0.717, 1.165) is 4.90 Å². The van der Waals surface area contributed by atoms with Crippen LogP contribution in [0.3, 0.4) is 0 Å². The first-order valence-electron chi connectivity index (χ1n) is 6.92. The third kappa shape index (κ3) is 2.09. The molecule has 0 saturated carbocycles. The molecule has 2 aromatic rings. The van der Waals surface area contributed by atoms with E-state index in [2.05, 4.69) is 0 Å². The summed E-state index contributed by atoms with van der Waals surface area (Å²) in [5.74, 6) is -1.74. The number of hydrogen-bond donors (Lipinski definition) is 0. The summed E-state index contributed by atoms with van der Waals surface area (Å²) in [5.41, 5.74) is 0.709. The topological polar surface area (TPSA) is 68.6 Å². The van der Waals surface area contributed by atoms with Crippen LogP contribution in [-0.4, -0.2) is 29.0 Å². The van der Waals surface area contributed by atoms with Gasteiger partial charge in [0, 0.05) is 6.20 Å². The minimum atomic E-state index is -1.18. The lowest BCUT2D eigenvalue weighted by molar-refractivity contribution is -0.150. The zero-order chi connectivity index (χ0) is 15.7. The molecule has 0 fully saturated rings. The van der Waals surface area contributed by atoms with Gasteiger partial charge in [-0.3, -0.25) is 9.59 Å². The van der Waals surface area contributed by atoms with Crippen LogP contribution in [0.4, 0.5) is 5.69 Å². The van der Waals surface area contributed by atoms with E-state index >= 15 is 0 Å².